The smallest absolute Gasteiger partial charge is 0.0446 e. The fourth-order valence-corrected chi connectivity index (χ4v) is 4.54. The third-order valence-corrected chi connectivity index (χ3v) is 5.52. The molecule has 1 aromatic rings. The largest absolute Gasteiger partial charge is 0.312 e. The van der Waals surface area contributed by atoms with Crippen molar-refractivity contribution in [1.82, 2.24) is 5.32 Å². The normalized spacial score (nSPS) is 27.0. The number of hydrogen-bond donors (Lipinski definition) is 1. The van der Waals surface area contributed by atoms with Gasteiger partial charge in [-0.25, -0.2) is 0 Å². The van der Waals surface area contributed by atoms with Gasteiger partial charge in [0, 0.05) is 10.9 Å². The van der Waals surface area contributed by atoms with Gasteiger partial charge in [-0.1, -0.05) is 32.6 Å². The number of nitrogens with one attached hydrogen (secondary N) is 1. The van der Waals surface area contributed by atoms with E-state index in [1.807, 2.05) is 11.3 Å². The fourth-order valence-electron chi connectivity index (χ4n) is 3.42. The Morgan fingerprint density at radius 3 is 2.76 bits per heavy atom. The monoisotopic (exact) mass is 251 g/mol. The van der Waals surface area contributed by atoms with E-state index >= 15 is 0 Å². The summed E-state index contributed by atoms with van der Waals surface area (Å²) in [4.78, 5) is 1.57. The van der Waals surface area contributed by atoms with E-state index in [-0.39, 0.29) is 0 Å². The molecule has 17 heavy (non-hydrogen) atoms. The molecule has 0 radical (unpaired) electrons. The van der Waals surface area contributed by atoms with Crippen LogP contribution in [0.25, 0.3) is 0 Å². The standard InChI is InChI=1S/C15H25NS/c1-4-12-7-5-6-8-13(12)14(16-3)15-11(2)9-10-17-15/h9-10,12-14,16H,4-8H2,1-3H3. The summed E-state index contributed by atoms with van der Waals surface area (Å²) in [6, 6.07) is 2.84. The van der Waals surface area contributed by atoms with Crippen molar-refractivity contribution in [3.63, 3.8) is 0 Å². The molecule has 1 aliphatic carbocycles. The Bertz CT molecular complexity index is 344. The molecule has 1 fully saturated rings. The Balaban J connectivity index is 2.19. The van der Waals surface area contributed by atoms with Crippen LogP contribution in [0, 0.1) is 18.8 Å². The lowest BCUT2D eigenvalue weighted by Gasteiger charge is -2.36. The highest BCUT2D eigenvalue weighted by molar-refractivity contribution is 7.10. The summed E-state index contributed by atoms with van der Waals surface area (Å²) in [5, 5.41) is 5.82. The van der Waals surface area contributed by atoms with Crippen molar-refractivity contribution in [2.45, 2.75) is 52.0 Å². The maximum Gasteiger partial charge on any atom is 0.0446 e. The number of aryl methyl sites for hydroxylation is 1. The second-order valence-electron chi connectivity index (χ2n) is 5.35. The predicted octanol–water partition coefficient (Wildman–Crippen LogP) is 4.53. The van der Waals surface area contributed by atoms with Crippen LogP contribution < -0.4 is 5.32 Å². The molecule has 0 amide bonds. The maximum atomic E-state index is 3.59. The molecular formula is C15H25NS. The number of hydrogen-bond acceptors (Lipinski definition) is 2. The molecule has 96 valence electrons. The van der Waals surface area contributed by atoms with Crippen LogP contribution in [-0.2, 0) is 0 Å². The first-order valence-corrected chi connectivity index (χ1v) is 7.87. The second kappa shape index (κ2) is 6.01. The van der Waals surface area contributed by atoms with Gasteiger partial charge in [-0.3, -0.25) is 0 Å². The van der Waals surface area contributed by atoms with Crippen LogP contribution in [0.4, 0.5) is 0 Å². The first kappa shape index (κ1) is 13.1. The topological polar surface area (TPSA) is 12.0 Å². The van der Waals surface area contributed by atoms with Crippen LogP contribution >= 0.6 is 11.3 Å². The molecule has 1 aliphatic rings. The zero-order valence-corrected chi connectivity index (χ0v) is 12.1. The van der Waals surface area contributed by atoms with Crippen molar-refractivity contribution in [2.24, 2.45) is 11.8 Å². The average molecular weight is 251 g/mol. The SMILES string of the molecule is CCC1CCCCC1C(NC)c1sccc1C. The molecule has 1 nitrogen and oxygen atoms in total. The van der Waals surface area contributed by atoms with Gasteiger partial charge in [0.05, 0.1) is 0 Å². The van der Waals surface area contributed by atoms with Crippen LogP contribution in [0.5, 0.6) is 0 Å². The molecule has 0 bridgehead atoms. The third kappa shape index (κ3) is 2.74. The zero-order chi connectivity index (χ0) is 12.3. The number of rotatable bonds is 4. The summed E-state index contributed by atoms with van der Waals surface area (Å²) >= 11 is 1.93. The molecule has 1 saturated carbocycles. The highest BCUT2D eigenvalue weighted by Gasteiger charge is 2.31. The van der Waals surface area contributed by atoms with Crippen molar-refractivity contribution < 1.29 is 0 Å². The molecule has 0 spiro atoms. The van der Waals surface area contributed by atoms with E-state index in [0.29, 0.717) is 6.04 Å². The Morgan fingerprint density at radius 1 is 1.41 bits per heavy atom. The molecule has 3 unspecified atom stereocenters. The van der Waals surface area contributed by atoms with Crippen molar-refractivity contribution in [3.8, 4) is 0 Å². The quantitative estimate of drug-likeness (QED) is 0.829. The maximum absolute atomic E-state index is 3.59. The average Bonchev–Trinajstić information content (AvgIpc) is 2.78. The Kier molecular flexibility index (Phi) is 4.63. The van der Waals surface area contributed by atoms with Gasteiger partial charge in [-0.05, 0) is 49.2 Å². The van der Waals surface area contributed by atoms with Gasteiger partial charge in [0.15, 0.2) is 0 Å². The van der Waals surface area contributed by atoms with Crippen LogP contribution in [0.3, 0.4) is 0 Å². The lowest BCUT2D eigenvalue weighted by Crippen LogP contribution is -2.32. The van der Waals surface area contributed by atoms with E-state index in [9.17, 15) is 0 Å². The van der Waals surface area contributed by atoms with E-state index in [4.69, 9.17) is 0 Å². The molecule has 0 aliphatic heterocycles. The van der Waals surface area contributed by atoms with E-state index in [1.54, 1.807) is 4.88 Å². The van der Waals surface area contributed by atoms with Crippen LogP contribution in [-0.4, -0.2) is 7.05 Å². The van der Waals surface area contributed by atoms with Gasteiger partial charge in [0.2, 0.25) is 0 Å². The minimum Gasteiger partial charge on any atom is -0.312 e. The Morgan fingerprint density at radius 2 is 2.18 bits per heavy atom. The van der Waals surface area contributed by atoms with Crippen LogP contribution in [0.15, 0.2) is 11.4 Å². The molecule has 3 atom stereocenters. The Labute approximate surface area is 110 Å². The molecule has 2 rings (SSSR count). The van der Waals surface area contributed by atoms with Gasteiger partial charge < -0.3 is 5.32 Å². The third-order valence-electron chi connectivity index (χ3n) is 4.42. The van der Waals surface area contributed by atoms with E-state index in [1.165, 1.54) is 37.7 Å². The van der Waals surface area contributed by atoms with Gasteiger partial charge >= 0.3 is 0 Å². The van der Waals surface area contributed by atoms with Crippen molar-refractivity contribution in [1.29, 1.82) is 0 Å². The fraction of sp³-hybridized carbons (Fsp3) is 0.733. The summed E-state index contributed by atoms with van der Waals surface area (Å²) in [5.41, 5.74) is 1.47. The lowest BCUT2D eigenvalue weighted by atomic mass is 9.73. The molecule has 1 aromatic heterocycles. The van der Waals surface area contributed by atoms with E-state index < -0.39 is 0 Å². The van der Waals surface area contributed by atoms with Crippen molar-refractivity contribution in [3.05, 3.63) is 21.9 Å². The van der Waals surface area contributed by atoms with Gasteiger partial charge in [0.25, 0.3) is 0 Å². The highest BCUT2D eigenvalue weighted by atomic mass is 32.1. The molecular weight excluding hydrogens is 226 g/mol. The summed E-state index contributed by atoms with van der Waals surface area (Å²) < 4.78 is 0. The first-order valence-electron chi connectivity index (χ1n) is 6.99. The van der Waals surface area contributed by atoms with Gasteiger partial charge in [-0.2, -0.15) is 0 Å². The van der Waals surface area contributed by atoms with E-state index in [0.717, 1.165) is 11.8 Å². The van der Waals surface area contributed by atoms with Crippen molar-refractivity contribution in [2.75, 3.05) is 7.05 Å². The Hall–Kier alpha value is -0.340. The first-order chi connectivity index (χ1) is 8.27. The summed E-state index contributed by atoms with van der Waals surface area (Å²) in [5.74, 6) is 1.76. The molecule has 1 N–H and O–H groups in total. The minimum absolute atomic E-state index is 0.584. The molecule has 1 heterocycles. The summed E-state index contributed by atoms with van der Waals surface area (Å²) in [6.07, 6.45) is 7.04. The minimum atomic E-state index is 0.584. The predicted molar refractivity (Wildman–Crippen MR) is 76.6 cm³/mol. The summed E-state index contributed by atoms with van der Waals surface area (Å²) in [7, 11) is 2.13. The molecule has 2 heteroatoms. The zero-order valence-electron chi connectivity index (χ0n) is 11.3. The summed E-state index contributed by atoms with van der Waals surface area (Å²) in [6.45, 7) is 4.61. The highest BCUT2D eigenvalue weighted by Crippen LogP contribution is 2.42. The molecule has 0 saturated heterocycles. The van der Waals surface area contributed by atoms with E-state index in [2.05, 4.69) is 37.7 Å². The van der Waals surface area contributed by atoms with Crippen molar-refractivity contribution >= 4 is 11.3 Å². The van der Waals surface area contributed by atoms with Crippen LogP contribution in [0.2, 0.25) is 0 Å². The van der Waals surface area contributed by atoms with Gasteiger partial charge in [-0.15, -0.1) is 11.3 Å². The number of thiophene rings is 1. The second-order valence-corrected chi connectivity index (χ2v) is 6.30. The van der Waals surface area contributed by atoms with Crippen LogP contribution in [0.1, 0.15) is 55.5 Å². The lowest BCUT2D eigenvalue weighted by molar-refractivity contribution is 0.182. The molecule has 0 aromatic carbocycles. The van der Waals surface area contributed by atoms with Gasteiger partial charge in [0.1, 0.15) is 0 Å².